The van der Waals surface area contributed by atoms with E-state index in [0.717, 1.165) is 48.4 Å². The van der Waals surface area contributed by atoms with Crippen LogP contribution in [0.5, 0.6) is 0 Å². The summed E-state index contributed by atoms with van der Waals surface area (Å²) in [5.74, 6) is -1.51. The molecule has 4 aromatic rings. The molecule has 2 aliphatic heterocycles. The van der Waals surface area contributed by atoms with Crippen molar-refractivity contribution in [2.24, 2.45) is 0 Å². The van der Waals surface area contributed by atoms with Gasteiger partial charge in [-0.05, 0) is 68.1 Å². The maximum absolute atomic E-state index is 13.0. The Morgan fingerprint density at radius 3 is 2.31 bits per heavy atom. The quantitative estimate of drug-likeness (QED) is 0.400. The van der Waals surface area contributed by atoms with Gasteiger partial charge in [-0.25, -0.2) is 4.52 Å². The van der Waals surface area contributed by atoms with Crippen LogP contribution >= 0.6 is 0 Å². The van der Waals surface area contributed by atoms with Gasteiger partial charge >= 0.3 is 0 Å². The van der Waals surface area contributed by atoms with Gasteiger partial charge in [0.2, 0.25) is 11.9 Å². The smallest absolute Gasteiger partial charge is 0.262 e. The van der Waals surface area contributed by atoms with Gasteiger partial charge < -0.3 is 4.90 Å². The normalized spacial score (nSPS) is 15.9. The average molecular weight is 523 g/mol. The average Bonchev–Trinajstić information content (AvgIpc) is 3.49. The SMILES string of the molecule is C[C@H](C(=O)Nc1nc2ccc(-c3cccc(C(=O)N4CCCCC4)c3)cn2n1)N1C(=O)c2ccccc2C1=O. The number of carbonyl (C=O) groups is 4. The van der Waals surface area contributed by atoms with Crippen LogP contribution in [0, 0.1) is 0 Å². The summed E-state index contributed by atoms with van der Waals surface area (Å²) in [5, 5.41) is 6.98. The molecule has 2 aliphatic rings. The maximum Gasteiger partial charge on any atom is 0.262 e. The van der Waals surface area contributed by atoms with E-state index in [2.05, 4.69) is 15.4 Å². The highest BCUT2D eigenvalue weighted by Crippen LogP contribution is 2.26. The number of carbonyl (C=O) groups excluding carboxylic acids is 4. The molecule has 196 valence electrons. The number of pyridine rings is 1. The number of aromatic nitrogens is 3. The van der Waals surface area contributed by atoms with Crippen LogP contribution in [0.2, 0.25) is 0 Å². The number of hydrogen-bond donors (Lipinski definition) is 1. The van der Waals surface area contributed by atoms with Gasteiger partial charge in [-0.3, -0.25) is 29.4 Å². The lowest BCUT2D eigenvalue weighted by Crippen LogP contribution is -2.45. The van der Waals surface area contributed by atoms with Crippen molar-refractivity contribution >= 4 is 35.2 Å². The van der Waals surface area contributed by atoms with Crippen LogP contribution in [0.4, 0.5) is 5.95 Å². The van der Waals surface area contributed by atoms with Crippen molar-refractivity contribution in [2.45, 2.75) is 32.2 Å². The van der Waals surface area contributed by atoms with Crippen molar-refractivity contribution in [1.29, 1.82) is 0 Å². The molecule has 4 amide bonds. The number of imide groups is 1. The van der Waals surface area contributed by atoms with E-state index < -0.39 is 23.8 Å². The lowest BCUT2D eigenvalue weighted by atomic mass is 10.0. The van der Waals surface area contributed by atoms with Gasteiger partial charge in [-0.1, -0.05) is 24.3 Å². The monoisotopic (exact) mass is 522 g/mol. The third kappa shape index (κ3) is 4.43. The molecule has 1 fully saturated rings. The third-order valence-electron chi connectivity index (χ3n) is 7.24. The number of anilines is 1. The molecule has 4 heterocycles. The Labute approximate surface area is 224 Å². The van der Waals surface area contributed by atoms with Crippen LogP contribution < -0.4 is 5.32 Å². The molecule has 39 heavy (non-hydrogen) atoms. The van der Waals surface area contributed by atoms with Crippen LogP contribution in [-0.4, -0.2) is 67.2 Å². The van der Waals surface area contributed by atoms with Gasteiger partial charge in [-0.15, -0.1) is 5.10 Å². The van der Waals surface area contributed by atoms with Crippen LogP contribution in [0.15, 0.2) is 66.9 Å². The molecule has 2 aromatic heterocycles. The molecule has 0 aliphatic carbocycles. The van der Waals surface area contributed by atoms with E-state index in [1.54, 1.807) is 36.5 Å². The highest BCUT2D eigenvalue weighted by atomic mass is 16.2. The van der Waals surface area contributed by atoms with Crippen molar-refractivity contribution in [2.75, 3.05) is 18.4 Å². The van der Waals surface area contributed by atoms with E-state index in [4.69, 9.17) is 0 Å². The van der Waals surface area contributed by atoms with Crippen molar-refractivity contribution in [3.05, 3.63) is 83.6 Å². The van der Waals surface area contributed by atoms with Crippen molar-refractivity contribution in [1.82, 2.24) is 24.4 Å². The van der Waals surface area contributed by atoms with Crippen molar-refractivity contribution in [3.8, 4) is 11.1 Å². The Kier molecular flexibility index (Phi) is 6.14. The molecule has 10 nitrogen and oxygen atoms in total. The minimum atomic E-state index is -1.06. The zero-order valence-corrected chi connectivity index (χ0v) is 21.3. The molecule has 0 spiro atoms. The first kappa shape index (κ1) is 24.5. The second-order valence-corrected chi connectivity index (χ2v) is 9.78. The second kappa shape index (κ2) is 9.79. The summed E-state index contributed by atoms with van der Waals surface area (Å²) >= 11 is 0. The molecular weight excluding hydrogens is 496 g/mol. The number of hydrogen-bond acceptors (Lipinski definition) is 6. The first-order valence-electron chi connectivity index (χ1n) is 12.9. The van der Waals surface area contributed by atoms with Gasteiger partial charge in [0, 0.05) is 30.4 Å². The second-order valence-electron chi connectivity index (χ2n) is 9.78. The topological polar surface area (TPSA) is 117 Å². The fourth-order valence-corrected chi connectivity index (χ4v) is 5.11. The molecule has 0 unspecified atom stereocenters. The van der Waals surface area contributed by atoms with Gasteiger partial charge in [0.15, 0.2) is 5.65 Å². The minimum absolute atomic E-state index is 0.0376. The summed E-state index contributed by atoms with van der Waals surface area (Å²) in [5.41, 5.74) is 3.40. The molecule has 2 aromatic carbocycles. The van der Waals surface area contributed by atoms with Gasteiger partial charge in [0.05, 0.1) is 11.1 Å². The van der Waals surface area contributed by atoms with E-state index in [1.165, 1.54) is 11.4 Å². The first-order valence-corrected chi connectivity index (χ1v) is 12.9. The predicted molar refractivity (Wildman–Crippen MR) is 143 cm³/mol. The van der Waals surface area contributed by atoms with Gasteiger partial charge in [-0.2, -0.15) is 4.98 Å². The molecule has 0 radical (unpaired) electrons. The number of rotatable bonds is 5. The number of nitrogens with one attached hydrogen (secondary N) is 1. The summed E-state index contributed by atoms with van der Waals surface area (Å²) in [7, 11) is 0. The summed E-state index contributed by atoms with van der Waals surface area (Å²) in [6.45, 7) is 3.06. The number of likely N-dealkylation sites (tertiary alicyclic amines) is 1. The minimum Gasteiger partial charge on any atom is -0.339 e. The standard InChI is InChI=1S/C29H26N6O4/c1-18(35-27(38)22-10-3-4-11-23(22)28(35)39)25(36)31-29-30-24-13-12-21(17-34(24)32-29)19-8-7-9-20(16-19)26(37)33-14-5-2-6-15-33/h3-4,7-13,16-18H,2,5-6,14-15H2,1H3,(H,31,32,36)/t18-/m1/s1. The summed E-state index contributed by atoms with van der Waals surface area (Å²) in [6.07, 6.45) is 5.00. The molecule has 0 saturated carbocycles. The van der Waals surface area contributed by atoms with E-state index in [-0.39, 0.29) is 23.0 Å². The van der Waals surface area contributed by atoms with E-state index in [9.17, 15) is 19.2 Å². The van der Waals surface area contributed by atoms with E-state index in [0.29, 0.717) is 11.2 Å². The Morgan fingerprint density at radius 1 is 0.872 bits per heavy atom. The van der Waals surface area contributed by atoms with Gasteiger partial charge in [0.1, 0.15) is 6.04 Å². The fourth-order valence-electron chi connectivity index (χ4n) is 5.11. The summed E-state index contributed by atoms with van der Waals surface area (Å²) in [6, 6.07) is 16.6. The molecule has 0 bridgehead atoms. The maximum atomic E-state index is 13.0. The van der Waals surface area contributed by atoms with E-state index >= 15 is 0 Å². The molecule has 1 atom stereocenters. The van der Waals surface area contributed by atoms with Crippen LogP contribution in [0.25, 0.3) is 16.8 Å². The van der Waals surface area contributed by atoms with Crippen molar-refractivity contribution < 1.29 is 19.2 Å². The van der Waals surface area contributed by atoms with Gasteiger partial charge in [0.25, 0.3) is 17.7 Å². The van der Waals surface area contributed by atoms with Crippen LogP contribution in [0.1, 0.15) is 57.3 Å². The number of amides is 4. The first-order chi connectivity index (χ1) is 18.9. The lowest BCUT2D eigenvalue weighted by Gasteiger charge is -2.26. The number of piperidine rings is 1. The number of fused-ring (bicyclic) bond motifs is 2. The van der Waals surface area contributed by atoms with E-state index in [1.807, 2.05) is 35.2 Å². The predicted octanol–water partition coefficient (Wildman–Crippen LogP) is 3.65. The number of nitrogens with zero attached hydrogens (tertiary/aromatic N) is 5. The Morgan fingerprint density at radius 2 is 1.59 bits per heavy atom. The fraction of sp³-hybridized carbons (Fsp3) is 0.241. The third-order valence-corrected chi connectivity index (χ3v) is 7.24. The summed E-state index contributed by atoms with van der Waals surface area (Å²) in [4.78, 5) is 58.6. The molecule has 10 heteroatoms. The highest BCUT2D eigenvalue weighted by molar-refractivity contribution is 6.23. The Hall–Kier alpha value is -4.86. The molecule has 1 saturated heterocycles. The highest BCUT2D eigenvalue weighted by Gasteiger charge is 2.40. The Bertz CT molecular complexity index is 1600. The number of benzene rings is 2. The molecular formula is C29H26N6O4. The molecule has 1 N–H and O–H groups in total. The molecule has 6 rings (SSSR count). The summed E-state index contributed by atoms with van der Waals surface area (Å²) < 4.78 is 1.54. The largest absolute Gasteiger partial charge is 0.339 e. The lowest BCUT2D eigenvalue weighted by molar-refractivity contribution is -0.119. The van der Waals surface area contributed by atoms with Crippen LogP contribution in [-0.2, 0) is 4.79 Å². The Balaban J connectivity index is 1.19. The van der Waals surface area contributed by atoms with Crippen molar-refractivity contribution in [3.63, 3.8) is 0 Å². The zero-order chi connectivity index (χ0) is 27.1. The zero-order valence-electron chi connectivity index (χ0n) is 21.3. The van der Waals surface area contributed by atoms with Crippen LogP contribution in [0.3, 0.4) is 0 Å².